The van der Waals surface area contributed by atoms with Gasteiger partial charge in [-0.2, -0.15) is 15.4 Å². The van der Waals surface area contributed by atoms with Crippen molar-refractivity contribution >= 4 is 23.4 Å². The second-order valence-corrected chi connectivity index (χ2v) is 7.45. The zero-order valence-corrected chi connectivity index (χ0v) is 18.0. The van der Waals surface area contributed by atoms with E-state index in [2.05, 4.69) is 5.10 Å². The van der Waals surface area contributed by atoms with E-state index in [1.807, 2.05) is 6.07 Å². The Labute approximate surface area is 196 Å². The molecular formula is C25H14F5N3O2. The highest BCUT2D eigenvalue weighted by Crippen LogP contribution is 2.34. The molecule has 35 heavy (non-hydrogen) atoms. The number of nitriles is 1. The van der Waals surface area contributed by atoms with E-state index in [1.165, 1.54) is 13.0 Å². The van der Waals surface area contributed by atoms with Crippen molar-refractivity contribution < 1.29 is 31.5 Å². The van der Waals surface area contributed by atoms with E-state index in [1.54, 1.807) is 48.5 Å². The van der Waals surface area contributed by atoms with Crippen LogP contribution in [0.5, 0.6) is 5.75 Å². The van der Waals surface area contributed by atoms with Gasteiger partial charge in [0.25, 0.3) is 5.91 Å². The number of carbonyl (C=O) groups is 1. The maximum Gasteiger partial charge on any atom is 0.280 e. The highest BCUT2D eigenvalue weighted by molar-refractivity contribution is 6.32. The monoisotopic (exact) mass is 483 g/mol. The summed E-state index contributed by atoms with van der Waals surface area (Å²) in [6.07, 6.45) is 1.36. The summed E-state index contributed by atoms with van der Waals surface area (Å²) in [6, 6.07) is 15.4. The predicted molar refractivity (Wildman–Crippen MR) is 117 cm³/mol. The molecule has 3 aromatic carbocycles. The molecule has 4 rings (SSSR count). The molecule has 0 N–H and O–H groups in total. The first-order valence-electron chi connectivity index (χ1n) is 10.1. The highest BCUT2D eigenvalue weighted by atomic mass is 19.2. The van der Waals surface area contributed by atoms with E-state index in [0.29, 0.717) is 16.9 Å². The molecule has 1 amide bonds. The molecule has 10 heteroatoms. The molecule has 0 unspecified atom stereocenters. The van der Waals surface area contributed by atoms with Crippen LogP contribution >= 0.6 is 0 Å². The van der Waals surface area contributed by atoms with Crippen LogP contribution in [0.2, 0.25) is 0 Å². The fraction of sp³-hybridized carbons (Fsp3) is 0.0800. The lowest BCUT2D eigenvalue weighted by molar-refractivity contribution is -0.114. The van der Waals surface area contributed by atoms with Crippen LogP contribution in [0.3, 0.4) is 0 Å². The van der Waals surface area contributed by atoms with Gasteiger partial charge in [0.1, 0.15) is 18.0 Å². The molecule has 3 aromatic rings. The van der Waals surface area contributed by atoms with Crippen molar-refractivity contribution in [3.8, 4) is 11.8 Å². The van der Waals surface area contributed by atoms with Gasteiger partial charge in [-0.25, -0.2) is 22.0 Å². The number of carbonyl (C=O) groups excluding carboxylic acids is 1. The van der Waals surface area contributed by atoms with E-state index < -0.39 is 40.7 Å². The zero-order chi connectivity index (χ0) is 25.3. The summed E-state index contributed by atoms with van der Waals surface area (Å²) in [5.41, 5.74) is 0.273. The fourth-order valence-electron chi connectivity index (χ4n) is 3.32. The molecule has 0 spiro atoms. The summed E-state index contributed by atoms with van der Waals surface area (Å²) in [4.78, 5) is 12.8. The third-order valence-corrected chi connectivity index (χ3v) is 5.12. The number of rotatable bonds is 5. The molecule has 1 heterocycles. The number of anilines is 1. The fourth-order valence-corrected chi connectivity index (χ4v) is 3.32. The molecule has 0 aliphatic carbocycles. The minimum atomic E-state index is -2.33. The number of benzene rings is 3. The van der Waals surface area contributed by atoms with E-state index in [-0.39, 0.29) is 22.9 Å². The van der Waals surface area contributed by atoms with Crippen LogP contribution in [0.4, 0.5) is 27.6 Å². The Balaban J connectivity index is 1.58. The number of halogens is 5. The van der Waals surface area contributed by atoms with Crippen molar-refractivity contribution in [2.75, 3.05) is 5.01 Å². The second kappa shape index (κ2) is 9.38. The quantitative estimate of drug-likeness (QED) is 0.204. The topological polar surface area (TPSA) is 65.7 Å². The van der Waals surface area contributed by atoms with Gasteiger partial charge < -0.3 is 4.74 Å². The molecule has 0 radical (unpaired) electrons. The number of hydrogen-bond donors (Lipinski definition) is 0. The molecule has 5 nitrogen and oxygen atoms in total. The highest BCUT2D eigenvalue weighted by Gasteiger charge is 2.37. The van der Waals surface area contributed by atoms with Crippen LogP contribution in [-0.4, -0.2) is 11.6 Å². The van der Waals surface area contributed by atoms with Gasteiger partial charge in [-0.15, -0.1) is 0 Å². The maximum absolute atomic E-state index is 14.2. The lowest BCUT2D eigenvalue weighted by Gasteiger charge is -2.15. The van der Waals surface area contributed by atoms with Crippen molar-refractivity contribution in [3.63, 3.8) is 0 Å². The molecule has 0 aromatic heterocycles. The first-order valence-corrected chi connectivity index (χ1v) is 10.1. The van der Waals surface area contributed by atoms with Crippen molar-refractivity contribution in [1.29, 1.82) is 5.26 Å². The zero-order valence-electron chi connectivity index (χ0n) is 18.0. The molecular weight excluding hydrogens is 469 g/mol. The van der Waals surface area contributed by atoms with Gasteiger partial charge >= 0.3 is 0 Å². The summed E-state index contributed by atoms with van der Waals surface area (Å²) >= 11 is 0. The molecule has 0 bridgehead atoms. The smallest absolute Gasteiger partial charge is 0.280 e. The number of ether oxygens (including phenoxy) is 1. The minimum absolute atomic E-state index is 0.0165. The molecule has 1 aliphatic rings. The normalized spacial score (nSPS) is 14.3. The van der Waals surface area contributed by atoms with Crippen LogP contribution < -0.4 is 9.75 Å². The summed E-state index contributed by atoms with van der Waals surface area (Å²) < 4.78 is 74.7. The van der Waals surface area contributed by atoms with E-state index >= 15 is 0 Å². The molecule has 0 saturated heterocycles. The second-order valence-electron chi connectivity index (χ2n) is 7.45. The predicted octanol–water partition coefficient (Wildman–Crippen LogP) is 5.64. The van der Waals surface area contributed by atoms with Gasteiger partial charge in [0.15, 0.2) is 23.3 Å². The number of hydrazone groups is 1. The molecule has 0 atom stereocenters. The van der Waals surface area contributed by atoms with Gasteiger partial charge in [-0.3, -0.25) is 4.79 Å². The Kier molecular flexibility index (Phi) is 6.34. The number of hydrogen-bond acceptors (Lipinski definition) is 4. The summed E-state index contributed by atoms with van der Waals surface area (Å²) in [5.74, 6) is -11.6. The van der Waals surface area contributed by atoms with E-state index in [9.17, 15) is 26.7 Å². The molecule has 0 saturated carbocycles. The van der Waals surface area contributed by atoms with E-state index in [0.717, 1.165) is 5.56 Å². The third kappa shape index (κ3) is 4.48. The van der Waals surface area contributed by atoms with E-state index in [4.69, 9.17) is 10.00 Å². The Morgan fingerprint density at radius 1 is 0.971 bits per heavy atom. The molecule has 1 aliphatic heterocycles. The molecule has 176 valence electrons. The van der Waals surface area contributed by atoms with Crippen LogP contribution in [0.25, 0.3) is 6.08 Å². The van der Waals surface area contributed by atoms with Gasteiger partial charge in [0.05, 0.1) is 22.9 Å². The summed E-state index contributed by atoms with van der Waals surface area (Å²) in [6.45, 7) is 1.57. The Hall–Kier alpha value is -4.52. The van der Waals surface area contributed by atoms with Crippen molar-refractivity contribution in [1.82, 2.24) is 0 Å². The van der Waals surface area contributed by atoms with Gasteiger partial charge in [0.2, 0.25) is 5.82 Å². The first-order chi connectivity index (χ1) is 16.7. The average molecular weight is 483 g/mol. The van der Waals surface area contributed by atoms with Crippen molar-refractivity contribution in [3.05, 3.63) is 99.9 Å². The average Bonchev–Trinajstić information content (AvgIpc) is 3.14. The Morgan fingerprint density at radius 3 is 2.23 bits per heavy atom. The van der Waals surface area contributed by atoms with Crippen molar-refractivity contribution in [2.45, 2.75) is 13.5 Å². The Morgan fingerprint density at radius 2 is 1.60 bits per heavy atom. The number of nitrogens with zero attached hydrogens (tertiary/aromatic N) is 3. The van der Waals surface area contributed by atoms with Crippen LogP contribution in [0, 0.1) is 40.4 Å². The SMILES string of the molecule is CC1=NN(c2c(F)c(F)c(F)c(F)c2F)C(=O)/C1=C\c1cccc(OCc2ccc(C#N)cc2)c1. The van der Waals surface area contributed by atoms with Gasteiger partial charge in [0, 0.05) is 0 Å². The standard InChI is InChI=1S/C25H14F5N3O2/c1-13-18(25(34)33(32-13)24-22(29)20(27)19(26)21(28)23(24)30)10-16-3-2-4-17(9-16)35-12-15-7-5-14(11-31)6-8-15/h2-10H,12H2,1H3/b18-10-. The Bertz CT molecular complexity index is 1410. The first kappa shape index (κ1) is 23.6. The van der Waals surface area contributed by atoms with Crippen molar-refractivity contribution in [2.24, 2.45) is 5.10 Å². The lowest BCUT2D eigenvalue weighted by Crippen LogP contribution is -2.25. The lowest BCUT2D eigenvalue weighted by atomic mass is 10.1. The van der Waals surface area contributed by atoms with Crippen LogP contribution in [-0.2, 0) is 11.4 Å². The summed E-state index contributed by atoms with van der Waals surface area (Å²) in [7, 11) is 0. The van der Waals surface area contributed by atoms with Crippen LogP contribution in [0.15, 0.2) is 59.2 Å². The molecule has 0 fully saturated rings. The summed E-state index contributed by atoms with van der Waals surface area (Å²) in [5, 5.41) is 12.7. The van der Waals surface area contributed by atoms with Crippen LogP contribution in [0.1, 0.15) is 23.6 Å². The van der Waals surface area contributed by atoms with Gasteiger partial charge in [-0.1, -0.05) is 24.3 Å². The third-order valence-electron chi connectivity index (χ3n) is 5.12. The largest absolute Gasteiger partial charge is 0.489 e. The van der Waals surface area contributed by atoms with Gasteiger partial charge in [-0.05, 0) is 48.4 Å². The maximum atomic E-state index is 14.2. The minimum Gasteiger partial charge on any atom is -0.489 e. The number of amides is 1.